The molecule has 0 fully saturated rings. The maximum absolute atomic E-state index is 0. The number of hydrogen-bond acceptors (Lipinski definition) is 0. The van der Waals surface area contributed by atoms with E-state index in [4.69, 9.17) is 0 Å². The molecule has 0 aromatic heterocycles. The maximum atomic E-state index is 0. The molecule has 4 heteroatoms. The largest absolute Gasteiger partial charge is 3.00 e. The van der Waals surface area contributed by atoms with Gasteiger partial charge < -0.3 is 11.0 Å². The van der Waals surface area contributed by atoms with Gasteiger partial charge in [-0.3, -0.25) is 0 Å². The topological polar surface area (TPSA) is 57.0 Å². The minimum Gasteiger partial charge on any atom is -2.00 e. The monoisotopic (exact) mass is 148 g/mol. The van der Waals surface area contributed by atoms with Gasteiger partial charge in [-0.05, 0) is 0 Å². The molecule has 0 radical (unpaired) electrons. The van der Waals surface area contributed by atoms with Gasteiger partial charge in [-0.2, -0.15) is 0 Å². The van der Waals surface area contributed by atoms with Crippen LogP contribution >= 0.6 is 0 Å². The SMILES string of the molecule is [Al+3].[O-2].[O-2].[Y+3]. The Morgan fingerprint density at radius 2 is 0.750 bits per heavy atom. The first kappa shape index (κ1) is 47.6. The van der Waals surface area contributed by atoms with Gasteiger partial charge in [0.15, 0.2) is 0 Å². The average molecular weight is 148 g/mol. The van der Waals surface area contributed by atoms with Crippen molar-refractivity contribution < 1.29 is 43.7 Å². The Labute approximate surface area is 60.6 Å². The minimum atomic E-state index is 0. The van der Waals surface area contributed by atoms with Crippen molar-refractivity contribution in [2.45, 2.75) is 0 Å². The Kier molecular flexibility index (Phi) is 283. The molecule has 0 unspecified atom stereocenters. The van der Waals surface area contributed by atoms with E-state index < -0.39 is 0 Å². The van der Waals surface area contributed by atoms with Crippen LogP contribution in [-0.2, 0) is 43.7 Å². The third-order valence-corrected chi connectivity index (χ3v) is 0. The Bertz CT molecular complexity index is 6.00. The second kappa shape index (κ2) is 23.8. The molecule has 0 heterocycles. The molecule has 16 valence electrons. The quantitative estimate of drug-likeness (QED) is 0.411. The summed E-state index contributed by atoms with van der Waals surface area (Å²) in [5.74, 6) is 0. The molecule has 0 N–H and O–H groups in total. The van der Waals surface area contributed by atoms with Crippen molar-refractivity contribution in [3.63, 3.8) is 0 Å². The fourth-order valence-electron chi connectivity index (χ4n) is 0. The first-order valence-corrected chi connectivity index (χ1v) is 0. The number of rotatable bonds is 0. The van der Waals surface area contributed by atoms with E-state index in [0.29, 0.717) is 0 Å². The summed E-state index contributed by atoms with van der Waals surface area (Å²) in [6.07, 6.45) is 0. The molecule has 0 aliphatic rings. The van der Waals surface area contributed by atoms with Crippen LogP contribution in [0.25, 0.3) is 0 Å². The minimum absolute atomic E-state index is 0. The summed E-state index contributed by atoms with van der Waals surface area (Å²) in [6, 6.07) is 0. The summed E-state index contributed by atoms with van der Waals surface area (Å²) in [5.41, 5.74) is 0. The second-order valence-electron chi connectivity index (χ2n) is 0. The molecule has 2 nitrogen and oxygen atoms in total. The van der Waals surface area contributed by atoms with Gasteiger partial charge in [0.25, 0.3) is 0 Å². The van der Waals surface area contributed by atoms with Gasteiger partial charge in [0, 0.05) is 0 Å². The molecule has 0 saturated carbocycles. The Balaban J connectivity index is 0. The zero-order chi connectivity index (χ0) is 0. The van der Waals surface area contributed by atoms with E-state index in [2.05, 4.69) is 0 Å². The first-order valence-electron chi connectivity index (χ1n) is 0. The fraction of sp³-hybridized carbons (Fsp3) is 0. The molecule has 0 aliphatic heterocycles. The molecule has 0 saturated heterocycles. The molecule has 4 heavy (non-hydrogen) atoms. The Morgan fingerprint density at radius 1 is 0.750 bits per heavy atom. The van der Waals surface area contributed by atoms with Crippen molar-refractivity contribution in [1.82, 2.24) is 0 Å². The van der Waals surface area contributed by atoms with E-state index in [1.165, 1.54) is 0 Å². The van der Waals surface area contributed by atoms with Gasteiger partial charge in [-0.25, -0.2) is 0 Å². The van der Waals surface area contributed by atoms with E-state index >= 15 is 0 Å². The van der Waals surface area contributed by atoms with Gasteiger partial charge in [-0.15, -0.1) is 0 Å². The zero-order valence-electron chi connectivity index (χ0n) is 1.97. The summed E-state index contributed by atoms with van der Waals surface area (Å²) in [7, 11) is 0. The van der Waals surface area contributed by atoms with Crippen molar-refractivity contribution in [3.05, 3.63) is 0 Å². The van der Waals surface area contributed by atoms with Gasteiger partial charge in [0.05, 0.1) is 0 Å². The maximum Gasteiger partial charge on any atom is 3.00 e. The standard InChI is InChI=1S/Al.2O.Y/q+3;2*-2;+3. The van der Waals surface area contributed by atoms with Crippen molar-refractivity contribution in [1.29, 1.82) is 0 Å². The normalized spacial score (nSPS) is 0. The molecule has 0 rings (SSSR count). The van der Waals surface area contributed by atoms with Gasteiger partial charge in [-0.1, -0.05) is 0 Å². The van der Waals surface area contributed by atoms with Crippen molar-refractivity contribution >= 4 is 17.4 Å². The van der Waals surface area contributed by atoms with Crippen LogP contribution in [0.1, 0.15) is 0 Å². The second-order valence-corrected chi connectivity index (χ2v) is 0. The molecule has 0 aromatic rings. The smallest absolute Gasteiger partial charge is 2.00 e. The van der Waals surface area contributed by atoms with E-state index in [1.54, 1.807) is 0 Å². The summed E-state index contributed by atoms with van der Waals surface area (Å²) >= 11 is 0. The van der Waals surface area contributed by atoms with Crippen LogP contribution in [0.3, 0.4) is 0 Å². The van der Waals surface area contributed by atoms with Crippen LogP contribution in [0.5, 0.6) is 0 Å². The van der Waals surface area contributed by atoms with Gasteiger partial charge in [0.1, 0.15) is 0 Å². The third-order valence-electron chi connectivity index (χ3n) is 0. The fourth-order valence-corrected chi connectivity index (χ4v) is 0. The van der Waals surface area contributed by atoms with Crippen LogP contribution in [0.15, 0.2) is 0 Å². The predicted molar refractivity (Wildman–Crippen MR) is 7.13 cm³/mol. The number of hydrogen-bond donors (Lipinski definition) is 0. The molecule has 0 bridgehead atoms. The summed E-state index contributed by atoms with van der Waals surface area (Å²) in [4.78, 5) is 0. The Morgan fingerprint density at radius 3 is 0.750 bits per heavy atom. The van der Waals surface area contributed by atoms with E-state index in [1.807, 2.05) is 0 Å². The van der Waals surface area contributed by atoms with Gasteiger partial charge >= 0.3 is 50.1 Å². The first-order chi connectivity index (χ1) is 0. The van der Waals surface area contributed by atoms with E-state index in [-0.39, 0.29) is 61.0 Å². The molecular formula is AlO2Y+2. The van der Waals surface area contributed by atoms with Crippen molar-refractivity contribution in [2.75, 3.05) is 0 Å². The molecular weight excluding hydrogens is 148 g/mol. The van der Waals surface area contributed by atoms with Crippen LogP contribution in [0, 0.1) is 0 Å². The third kappa shape index (κ3) is 9.59. The predicted octanol–water partition coefficient (Wildman–Crippen LogP) is -0.621. The zero-order valence-corrected chi connectivity index (χ0v) is 5.96. The van der Waals surface area contributed by atoms with Crippen LogP contribution in [0.4, 0.5) is 0 Å². The van der Waals surface area contributed by atoms with Crippen LogP contribution < -0.4 is 0 Å². The average Bonchev–Trinajstić information content (AvgIpc) is 0. The molecule has 0 spiro atoms. The molecule has 0 aromatic carbocycles. The Hall–Kier alpha value is 1.56. The van der Waals surface area contributed by atoms with Crippen molar-refractivity contribution in [2.24, 2.45) is 0 Å². The summed E-state index contributed by atoms with van der Waals surface area (Å²) in [5, 5.41) is 0. The van der Waals surface area contributed by atoms with Crippen LogP contribution in [-0.4, -0.2) is 17.4 Å². The molecule has 0 atom stereocenters. The van der Waals surface area contributed by atoms with E-state index in [0.717, 1.165) is 0 Å². The van der Waals surface area contributed by atoms with Crippen molar-refractivity contribution in [3.8, 4) is 0 Å². The molecule has 0 aliphatic carbocycles. The van der Waals surface area contributed by atoms with E-state index in [9.17, 15) is 0 Å². The van der Waals surface area contributed by atoms with Gasteiger partial charge in [0.2, 0.25) is 0 Å². The molecule has 0 amide bonds. The summed E-state index contributed by atoms with van der Waals surface area (Å²) in [6.45, 7) is 0. The van der Waals surface area contributed by atoms with Crippen LogP contribution in [0.2, 0.25) is 0 Å². The summed E-state index contributed by atoms with van der Waals surface area (Å²) < 4.78 is 0.